The Hall–Kier alpha value is -2.41. The summed E-state index contributed by atoms with van der Waals surface area (Å²) < 4.78 is 4.69. The van der Waals surface area contributed by atoms with E-state index >= 15 is 0 Å². The highest BCUT2D eigenvalue weighted by atomic mass is 16.5. The van der Waals surface area contributed by atoms with Gasteiger partial charge in [0.2, 0.25) is 0 Å². The number of rotatable bonds is 3. The fourth-order valence-electron chi connectivity index (χ4n) is 3.53. The standard InChI is InChI=1S/C17H21N3O4/c1-18-15(22)17(19(2)16(18)23)8-9-20(11-17)10-12-4-6-13(7-5-12)14(21)24-3/h4-7H,8-11H2,1-3H3. The smallest absolute Gasteiger partial charge is 0.337 e. The lowest BCUT2D eigenvalue weighted by molar-refractivity contribution is -0.131. The van der Waals surface area contributed by atoms with Crippen LogP contribution < -0.4 is 0 Å². The van der Waals surface area contributed by atoms with Gasteiger partial charge in [0.1, 0.15) is 5.54 Å². The number of likely N-dealkylation sites (tertiary alicyclic amines) is 1. The number of amides is 3. The zero-order chi connectivity index (χ0) is 17.5. The predicted octanol–water partition coefficient (Wildman–Crippen LogP) is 0.941. The van der Waals surface area contributed by atoms with Crippen LogP contribution in [0.15, 0.2) is 24.3 Å². The topological polar surface area (TPSA) is 70.2 Å². The first kappa shape index (κ1) is 16.4. The van der Waals surface area contributed by atoms with Crippen molar-refractivity contribution in [1.29, 1.82) is 0 Å². The van der Waals surface area contributed by atoms with Crippen LogP contribution in [0.2, 0.25) is 0 Å². The van der Waals surface area contributed by atoms with E-state index in [9.17, 15) is 14.4 Å². The molecule has 1 aromatic rings. The predicted molar refractivity (Wildman–Crippen MR) is 86.3 cm³/mol. The van der Waals surface area contributed by atoms with Crippen LogP contribution in [-0.2, 0) is 16.1 Å². The zero-order valence-electron chi connectivity index (χ0n) is 14.1. The second kappa shape index (κ2) is 5.90. The van der Waals surface area contributed by atoms with E-state index < -0.39 is 5.54 Å². The molecule has 0 N–H and O–H groups in total. The number of carbonyl (C=O) groups excluding carboxylic acids is 3. The van der Waals surface area contributed by atoms with Gasteiger partial charge >= 0.3 is 12.0 Å². The first-order valence-electron chi connectivity index (χ1n) is 7.84. The molecule has 2 fully saturated rings. The highest BCUT2D eigenvalue weighted by Gasteiger charge is 2.57. The van der Waals surface area contributed by atoms with E-state index in [1.54, 1.807) is 24.1 Å². The number of benzene rings is 1. The van der Waals surface area contributed by atoms with Crippen LogP contribution in [0.25, 0.3) is 0 Å². The highest BCUT2D eigenvalue weighted by molar-refractivity contribution is 6.07. The summed E-state index contributed by atoms with van der Waals surface area (Å²) >= 11 is 0. The molecule has 2 aliphatic heterocycles. The lowest BCUT2D eigenvalue weighted by Crippen LogP contribution is -2.49. The van der Waals surface area contributed by atoms with Crippen molar-refractivity contribution in [2.24, 2.45) is 0 Å². The zero-order valence-corrected chi connectivity index (χ0v) is 14.1. The average Bonchev–Trinajstić information content (AvgIpc) is 3.09. The number of nitrogens with zero attached hydrogens (tertiary/aromatic N) is 3. The Morgan fingerprint density at radius 1 is 1.21 bits per heavy atom. The summed E-state index contributed by atoms with van der Waals surface area (Å²) in [7, 11) is 4.58. The molecule has 0 radical (unpaired) electrons. The summed E-state index contributed by atoms with van der Waals surface area (Å²) in [6.07, 6.45) is 0.638. The molecule has 1 aromatic carbocycles. The number of ether oxygens (including phenoxy) is 1. The van der Waals surface area contributed by atoms with Gasteiger partial charge in [-0.3, -0.25) is 14.6 Å². The number of urea groups is 1. The molecule has 1 spiro atoms. The van der Waals surface area contributed by atoms with Crippen molar-refractivity contribution >= 4 is 17.9 Å². The van der Waals surface area contributed by atoms with Gasteiger partial charge in [0.25, 0.3) is 5.91 Å². The quantitative estimate of drug-likeness (QED) is 0.609. The van der Waals surface area contributed by atoms with Gasteiger partial charge in [0.15, 0.2) is 0 Å². The molecule has 1 atom stereocenters. The lowest BCUT2D eigenvalue weighted by Gasteiger charge is -2.28. The van der Waals surface area contributed by atoms with Crippen molar-refractivity contribution in [3.8, 4) is 0 Å². The second-order valence-electron chi connectivity index (χ2n) is 6.39. The first-order chi connectivity index (χ1) is 11.4. The Morgan fingerprint density at radius 3 is 2.42 bits per heavy atom. The van der Waals surface area contributed by atoms with Crippen LogP contribution in [0, 0.1) is 0 Å². The fourth-order valence-corrected chi connectivity index (χ4v) is 3.53. The number of methoxy groups -OCH3 is 1. The molecular weight excluding hydrogens is 310 g/mol. The SMILES string of the molecule is COC(=O)c1ccc(CN2CCC3(C2)C(=O)N(C)C(=O)N3C)cc1. The van der Waals surface area contributed by atoms with Crippen molar-refractivity contribution < 1.29 is 19.1 Å². The van der Waals surface area contributed by atoms with Gasteiger partial charge in [0.05, 0.1) is 12.7 Å². The number of imide groups is 1. The van der Waals surface area contributed by atoms with Crippen molar-refractivity contribution in [3.63, 3.8) is 0 Å². The molecule has 3 amide bonds. The van der Waals surface area contributed by atoms with Crippen LogP contribution in [0.3, 0.4) is 0 Å². The van der Waals surface area contributed by atoms with Gasteiger partial charge in [-0.15, -0.1) is 0 Å². The Bertz CT molecular complexity index is 688. The van der Waals surface area contributed by atoms with E-state index in [0.717, 1.165) is 12.1 Å². The summed E-state index contributed by atoms with van der Waals surface area (Å²) in [5, 5.41) is 0. The minimum absolute atomic E-state index is 0.126. The van der Waals surface area contributed by atoms with Crippen molar-refractivity contribution in [2.45, 2.75) is 18.5 Å². The van der Waals surface area contributed by atoms with E-state index in [1.807, 2.05) is 12.1 Å². The molecule has 2 heterocycles. The molecule has 7 heteroatoms. The van der Waals surface area contributed by atoms with E-state index in [4.69, 9.17) is 0 Å². The number of hydrogen-bond acceptors (Lipinski definition) is 5. The second-order valence-corrected chi connectivity index (χ2v) is 6.39. The van der Waals surface area contributed by atoms with Gasteiger partial charge in [-0.05, 0) is 24.1 Å². The third kappa shape index (κ3) is 2.45. The molecule has 24 heavy (non-hydrogen) atoms. The largest absolute Gasteiger partial charge is 0.465 e. The van der Waals surface area contributed by atoms with Crippen LogP contribution >= 0.6 is 0 Å². The number of esters is 1. The number of hydrogen-bond donors (Lipinski definition) is 0. The molecule has 0 saturated carbocycles. The third-order valence-electron chi connectivity index (χ3n) is 5.03. The summed E-state index contributed by atoms with van der Waals surface area (Å²) in [5.41, 5.74) is 0.821. The van der Waals surface area contributed by atoms with Gasteiger partial charge in [-0.25, -0.2) is 9.59 Å². The Balaban J connectivity index is 1.70. The summed E-state index contributed by atoms with van der Waals surface area (Å²) in [4.78, 5) is 40.9. The Kier molecular flexibility index (Phi) is 4.04. The van der Waals surface area contributed by atoms with Gasteiger partial charge in [-0.2, -0.15) is 0 Å². The highest BCUT2D eigenvalue weighted by Crippen LogP contribution is 2.35. The fraction of sp³-hybridized carbons (Fsp3) is 0.471. The molecule has 2 aliphatic rings. The van der Waals surface area contributed by atoms with Crippen molar-refractivity contribution in [2.75, 3.05) is 34.3 Å². The number of carbonyl (C=O) groups is 3. The van der Waals surface area contributed by atoms with Crippen LogP contribution in [0.1, 0.15) is 22.3 Å². The minimum atomic E-state index is -0.738. The van der Waals surface area contributed by atoms with E-state index in [2.05, 4.69) is 9.64 Å². The molecule has 0 aliphatic carbocycles. The van der Waals surface area contributed by atoms with Gasteiger partial charge in [-0.1, -0.05) is 12.1 Å². The molecule has 1 unspecified atom stereocenters. The molecular formula is C17H21N3O4. The lowest BCUT2D eigenvalue weighted by atomic mass is 9.97. The van der Waals surface area contributed by atoms with Crippen molar-refractivity contribution in [3.05, 3.63) is 35.4 Å². The molecule has 128 valence electrons. The Labute approximate surface area is 140 Å². The summed E-state index contributed by atoms with van der Waals surface area (Å²) in [6.45, 7) is 1.94. The summed E-state index contributed by atoms with van der Waals surface area (Å²) in [5.74, 6) is -0.486. The van der Waals surface area contributed by atoms with E-state index in [1.165, 1.54) is 19.1 Å². The minimum Gasteiger partial charge on any atom is -0.465 e. The summed E-state index contributed by atoms with van der Waals surface area (Å²) in [6, 6.07) is 6.99. The maximum Gasteiger partial charge on any atom is 0.337 e. The maximum atomic E-state index is 12.5. The first-order valence-corrected chi connectivity index (χ1v) is 7.84. The van der Waals surface area contributed by atoms with Gasteiger partial charge in [0, 0.05) is 33.7 Å². The molecule has 0 aromatic heterocycles. The van der Waals surface area contributed by atoms with Gasteiger partial charge < -0.3 is 9.64 Å². The van der Waals surface area contributed by atoms with Crippen molar-refractivity contribution in [1.82, 2.24) is 14.7 Å². The van der Waals surface area contributed by atoms with E-state index in [-0.39, 0.29) is 17.9 Å². The monoisotopic (exact) mass is 331 g/mol. The molecule has 7 nitrogen and oxygen atoms in total. The van der Waals surface area contributed by atoms with Crippen LogP contribution in [0.5, 0.6) is 0 Å². The molecule has 2 saturated heterocycles. The van der Waals surface area contributed by atoms with Crippen LogP contribution in [-0.4, -0.2) is 72.4 Å². The third-order valence-corrected chi connectivity index (χ3v) is 5.03. The molecule has 3 rings (SSSR count). The normalized spacial score (nSPS) is 24.3. The molecule has 0 bridgehead atoms. The number of likely N-dealkylation sites (N-methyl/N-ethyl adjacent to an activating group) is 2. The maximum absolute atomic E-state index is 12.5. The van der Waals surface area contributed by atoms with Crippen LogP contribution in [0.4, 0.5) is 4.79 Å². The Morgan fingerprint density at radius 2 is 1.88 bits per heavy atom. The average molecular weight is 331 g/mol. The van der Waals surface area contributed by atoms with E-state index in [0.29, 0.717) is 25.1 Å².